The maximum atomic E-state index is 13.3. The molecular weight excluding hydrogens is 500 g/mol. The predicted molar refractivity (Wildman–Crippen MR) is 181 cm³/mol. The Hall–Kier alpha value is -1.31. The van der Waals surface area contributed by atoms with Crippen LogP contribution in [0, 0.1) is 10.8 Å². The van der Waals surface area contributed by atoms with Gasteiger partial charge in [0.05, 0.1) is 5.41 Å². The van der Waals surface area contributed by atoms with Gasteiger partial charge in [0.1, 0.15) is 0 Å². The van der Waals surface area contributed by atoms with Gasteiger partial charge < -0.3 is 5.11 Å². The number of unbranched alkanes of at least 4 members (excludes halogenated alkanes) is 19. The normalized spacial score (nSPS) is 13.4. The van der Waals surface area contributed by atoms with Crippen LogP contribution in [0.1, 0.15) is 194 Å². The van der Waals surface area contributed by atoms with Crippen LogP contribution in [-0.2, 0) is 11.2 Å². The van der Waals surface area contributed by atoms with E-state index in [4.69, 9.17) is 0 Å². The van der Waals surface area contributed by atoms with Crippen molar-refractivity contribution in [3.05, 3.63) is 35.9 Å². The summed E-state index contributed by atoms with van der Waals surface area (Å²) in [5.74, 6) is -0.555. The van der Waals surface area contributed by atoms with Crippen molar-refractivity contribution in [2.75, 3.05) is 0 Å². The number of aliphatic carboxylic acids is 1. The first kappa shape index (κ1) is 37.7. The number of benzene rings is 1. The molecule has 0 aliphatic rings. The van der Waals surface area contributed by atoms with Gasteiger partial charge in [-0.15, -0.1) is 0 Å². The van der Waals surface area contributed by atoms with Crippen LogP contribution in [0.4, 0.5) is 0 Å². The minimum atomic E-state index is -0.685. The summed E-state index contributed by atoms with van der Waals surface area (Å²) in [6.07, 6.45) is 31.9. The van der Waals surface area contributed by atoms with Crippen molar-refractivity contribution in [1.82, 2.24) is 0 Å². The van der Waals surface area contributed by atoms with Crippen LogP contribution in [0.25, 0.3) is 0 Å². The first-order chi connectivity index (χ1) is 20.0. The van der Waals surface area contributed by atoms with Crippen LogP contribution < -0.4 is 0 Å². The number of carboxylic acids is 1. The van der Waals surface area contributed by atoms with E-state index in [1.165, 1.54) is 128 Å². The third kappa shape index (κ3) is 15.6. The summed E-state index contributed by atoms with van der Waals surface area (Å²) in [7, 11) is 0. The average molecular weight is 571 g/mol. The standard InChI is InChI=1S/C39H70O2/c1-5-8-11-14-17-19-22-28-33-39(35-36-30-25-24-26-31-36,34-29-23-20-18-15-12-9-6-2)38(4,37(40)41)32-27-21-16-13-10-7-3/h24-26,30-31H,5-23,27-29,32-35H2,1-4H3,(H,40,41). The summed E-state index contributed by atoms with van der Waals surface area (Å²) in [5.41, 5.74) is 0.450. The first-order valence-corrected chi connectivity index (χ1v) is 18.2. The van der Waals surface area contributed by atoms with E-state index in [0.717, 1.165) is 44.9 Å². The topological polar surface area (TPSA) is 37.3 Å². The van der Waals surface area contributed by atoms with Crippen LogP contribution in [0.5, 0.6) is 0 Å². The summed E-state index contributed by atoms with van der Waals surface area (Å²) < 4.78 is 0. The van der Waals surface area contributed by atoms with Gasteiger partial charge in [-0.3, -0.25) is 4.79 Å². The molecule has 1 unspecified atom stereocenters. The molecule has 1 aromatic rings. The lowest BCUT2D eigenvalue weighted by Gasteiger charge is -2.47. The second-order valence-electron chi connectivity index (χ2n) is 13.5. The highest BCUT2D eigenvalue weighted by Crippen LogP contribution is 2.53. The Bertz CT molecular complexity index is 706. The monoisotopic (exact) mass is 571 g/mol. The first-order valence-electron chi connectivity index (χ1n) is 18.2. The minimum Gasteiger partial charge on any atom is -0.481 e. The molecule has 0 aliphatic carbocycles. The smallest absolute Gasteiger partial charge is 0.309 e. The molecule has 1 aromatic carbocycles. The van der Waals surface area contributed by atoms with Crippen LogP contribution in [-0.4, -0.2) is 11.1 Å². The SMILES string of the molecule is CCCCCCCCCCC(CCCCCCCCCC)(Cc1ccccc1)C(C)(CCCCCCCC)C(=O)O. The Morgan fingerprint density at radius 1 is 0.537 bits per heavy atom. The highest BCUT2D eigenvalue weighted by atomic mass is 16.4. The van der Waals surface area contributed by atoms with Crippen LogP contribution in [0.15, 0.2) is 30.3 Å². The van der Waals surface area contributed by atoms with Gasteiger partial charge in [-0.05, 0) is 43.6 Å². The van der Waals surface area contributed by atoms with E-state index in [1.807, 2.05) is 0 Å². The third-order valence-electron chi connectivity index (χ3n) is 10.1. The molecule has 2 nitrogen and oxygen atoms in total. The second kappa shape index (κ2) is 24.2. The molecule has 1 rings (SSSR count). The summed E-state index contributed by atoms with van der Waals surface area (Å²) >= 11 is 0. The van der Waals surface area contributed by atoms with Crippen molar-refractivity contribution in [2.24, 2.45) is 10.8 Å². The van der Waals surface area contributed by atoms with Crippen molar-refractivity contribution in [2.45, 2.75) is 195 Å². The molecule has 1 atom stereocenters. The van der Waals surface area contributed by atoms with Gasteiger partial charge in [0.15, 0.2) is 0 Å². The molecule has 0 heterocycles. The van der Waals surface area contributed by atoms with Crippen molar-refractivity contribution < 1.29 is 9.90 Å². The molecule has 0 bridgehead atoms. The number of hydrogen-bond donors (Lipinski definition) is 1. The maximum Gasteiger partial charge on any atom is 0.309 e. The Balaban J connectivity index is 3.06. The fraction of sp³-hybridized carbons (Fsp3) is 0.821. The van der Waals surface area contributed by atoms with Gasteiger partial charge in [0.25, 0.3) is 0 Å². The zero-order valence-electron chi connectivity index (χ0n) is 28.1. The highest BCUT2D eigenvalue weighted by Gasteiger charge is 2.51. The summed E-state index contributed by atoms with van der Waals surface area (Å²) in [4.78, 5) is 13.3. The van der Waals surface area contributed by atoms with E-state index in [2.05, 4.69) is 58.0 Å². The number of rotatable bonds is 29. The van der Waals surface area contributed by atoms with Crippen LogP contribution in [0.2, 0.25) is 0 Å². The minimum absolute atomic E-state index is 0.186. The fourth-order valence-electron chi connectivity index (χ4n) is 7.09. The molecule has 0 spiro atoms. The van der Waals surface area contributed by atoms with Gasteiger partial charge in [0, 0.05) is 0 Å². The Kier molecular flexibility index (Phi) is 22.2. The molecule has 2 heteroatoms. The van der Waals surface area contributed by atoms with E-state index in [9.17, 15) is 9.90 Å². The van der Waals surface area contributed by atoms with Gasteiger partial charge in [-0.2, -0.15) is 0 Å². The zero-order chi connectivity index (χ0) is 30.1. The quantitative estimate of drug-likeness (QED) is 0.0972. The second-order valence-corrected chi connectivity index (χ2v) is 13.5. The maximum absolute atomic E-state index is 13.3. The van der Waals surface area contributed by atoms with Crippen molar-refractivity contribution in [3.8, 4) is 0 Å². The lowest BCUT2D eigenvalue weighted by Crippen LogP contribution is -2.47. The van der Waals surface area contributed by atoms with Crippen LogP contribution >= 0.6 is 0 Å². The Morgan fingerprint density at radius 2 is 0.878 bits per heavy atom. The highest BCUT2D eigenvalue weighted by molar-refractivity contribution is 5.75. The van der Waals surface area contributed by atoms with Gasteiger partial charge >= 0.3 is 5.97 Å². The molecule has 0 saturated carbocycles. The van der Waals surface area contributed by atoms with Crippen LogP contribution in [0.3, 0.4) is 0 Å². The largest absolute Gasteiger partial charge is 0.481 e. The molecule has 238 valence electrons. The molecule has 1 N–H and O–H groups in total. The Labute approximate surface area is 256 Å². The molecule has 0 aliphatic heterocycles. The van der Waals surface area contributed by atoms with E-state index in [1.54, 1.807) is 0 Å². The lowest BCUT2D eigenvalue weighted by atomic mass is 9.55. The molecule has 0 aromatic heterocycles. The van der Waals surface area contributed by atoms with Gasteiger partial charge in [-0.1, -0.05) is 192 Å². The molecule has 0 radical (unpaired) electrons. The molecule has 0 fully saturated rings. The molecule has 41 heavy (non-hydrogen) atoms. The number of carbonyl (C=O) groups is 1. The average Bonchev–Trinajstić information content (AvgIpc) is 2.97. The van der Waals surface area contributed by atoms with Gasteiger partial charge in [0.2, 0.25) is 0 Å². The van der Waals surface area contributed by atoms with Crippen molar-refractivity contribution in [3.63, 3.8) is 0 Å². The lowest BCUT2D eigenvalue weighted by molar-refractivity contribution is -0.159. The molecule has 0 saturated heterocycles. The summed E-state index contributed by atoms with van der Waals surface area (Å²) in [6.45, 7) is 8.96. The van der Waals surface area contributed by atoms with E-state index < -0.39 is 11.4 Å². The van der Waals surface area contributed by atoms with Gasteiger partial charge in [-0.25, -0.2) is 0 Å². The van der Waals surface area contributed by atoms with Crippen molar-refractivity contribution in [1.29, 1.82) is 0 Å². The summed E-state index contributed by atoms with van der Waals surface area (Å²) in [6, 6.07) is 10.8. The zero-order valence-corrected chi connectivity index (χ0v) is 28.1. The number of hydrogen-bond acceptors (Lipinski definition) is 1. The number of carboxylic acid groups (broad SMARTS) is 1. The van der Waals surface area contributed by atoms with E-state index in [-0.39, 0.29) is 5.41 Å². The van der Waals surface area contributed by atoms with Crippen molar-refractivity contribution >= 4 is 5.97 Å². The molecule has 0 amide bonds. The van der Waals surface area contributed by atoms with E-state index >= 15 is 0 Å². The molecular formula is C39H70O2. The fourth-order valence-corrected chi connectivity index (χ4v) is 7.09. The van der Waals surface area contributed by atoms with E-state index in [0.29, 0.717) is 0 Å². The predicted octanol–water partition coefficient (Wildman–Crippen LogP) is 13.1. The Morgan fingerprint density at radius 3 is 1.24 bits per heavy atom. The summed E-state index contributed by atoms with van der Waals surface area (Å²) in [5, 5.41) is 10.9. The third-order valence-corrected chi connectivity index (χ3v) is 10.1.